The zero-order valence-corrected chi connectivity index (χ0v) is 9.34. The standard InChI is InChI=1S/C10H17N3O2/c1-8(10(14)15)12(3)6-7-13-5-4-11-9(13)2/h4-5,8H,6-7H2,1-3H3,(H,14,15). The van der Waals surface area contributed by atoms with E-state index >= 15 is 0 Å². The highest BCUT2D eigenvalue weighted by atomic mass is 16.4. The molecule has 0 radical (unpaired) electrons. The second kappa shape index (κ2) is 4.93. The normalized spacial score (nSPS) is 13.1. The molecule has 1 N–H and O–H groups in total. The zero-order valence-electron chi connectivity index (χ0n) is 9.34. The average Bonchev–Trinajstić information content (AvgIpc) is 2.59. The van der Waals surface area contributed by atoms with Crippen molar-refractivity contribution in [3.8, 4) is 0 Å². The number of carboxylic acid groups (broad SMARTS) is 1. The fourth-order valence-electron chi connectivity index (χ4n) is 1.29. The maximum Gasteiger partial charge on any atom is 0.320 e. The molecule has 0 amide bonds. The summed E-state index contributed by atoms with van der Waals surface area (Å²) in [4.78, 5) is 16.6. The van der Waals surface area contributed by atoms with Gasteiger partial charge in [0.05, 0.1) is 0 Å². The minimum absolute atomic E-state index is 0.450. The second-order valence-electron chi connectivity index (χ2n) is 3.66. The Morgan fingerprint density at radius 2 is 2.40 bits per heavy atom. The van der Waals surface area contributed by atoms with Gasteiger partial charge in [-0.15, -0.1) is 0 Å². The molecule has 0 bridgehead atoms. The van der Waals surface area contributed by atoms with Crippen molar-refractivity contribution in [3.63, 3.8) is 0 Å². The summed E-state index contributed by atoms with van der Waals surface area (Å²) in [5.74, 6) is 0.159. The number of aromatic nitrogens is 2. The molecule has 5 nitrogen and oxygen atoms in total. The van der Waals surface area contributed by atoms with Gasteiger partial charge in [-0.2, -0.15) is 0 Å². The van der Waals surface area contributed by atoms with Crippen molar-refractivity contribution >= 4 is 5.97 Å². The van der Waals surface area contributed by atoms with E-state index in [4.69, 9.17) is 5.11 Å². The predicted octanol–water partition coefficient (Wildman–Crippen LogP) is 0.596. The fourth-order valence-corrected chi connectivity index (χ4v) is 1.29. The van der Waals surface area contributed by atoms with Gasteiger partial charge in [0.15, 0.2) is 0 Å². The number of aliphatic carboxylic acids is 1. The van der Waals surface area contributed by atoms with Crippen LogP contribution in [0.2, 0.25) is 0 Å². The van der Waals surface area contributed by atoms with E-state index < -0.39 is 12.0 Å². The van der Waals surface area contributed by atoms with E-state index in [9.17, 15) is 4.79 Å². The van der Waals surface area contributed by atoms with Gasteiger partial charge < -0.3 is 9.67 Å². The van der Waals surface area contributed by atoms with Crippen LogP contribution in [-0.2, 0) is 11.3 Å². The molecule has 0 spiro atoms. The number of hydrogen-bond acceptors (Lipinski definition) is 3. The largest absolute Gasteiger partial charge is 0.480 e. The number of carboxylic acids is 1. The summed E-state index contributed by atoms with van der Waals surface area (Å²) in [5, 5.41) is 8.80. The zero-order chi connectivity index (χ0) is 11.4. The summed E-state index contributed by atoms with van der Waals surface area (Å²) in [6.07, 6.45) is 3.64. The summed E-state index contributed by atoms with van der Waals surface area (Å²) in [6, 6.07) is -0.450. The van der Waals surface area contributed by atoms with Crippen LogP contribution in [0.3, 0.4) is 0 Å². The predicted molar refractivity (Wildman–Crippen MR) is 56.7 cm³/mol. The summed E-state index contributed by atoms with van der Waals surface area (Å²) >= 11 is 0. The molecule has 1 aromatic heterocycles. The number of likely N-dealkylation sites (N-methyl/N-ethyl adjacent to an activating group) is 1. The van der Waals surface area contributed by atoms with Crippen LogP contribution in [0.5, 0.6) is 0 Å². The average molecular weight is 211 g/mol. The van der Waals surface area contributed by atoms with E-state index in [1.807, 2.05) is 29.6 Å². The molecule has 1 unspecified atom stereocenters. The van der Waals surface area contributed by atoms with E-state index in [1.165, 1.54) is 0 Å². The Bertz CT molecular complexity index is 335. The molecule has 0 aliphatic carbocycles. The lowest BCUT2D eigenvalue weighted by atomic mass is 10.3. The van der Waals surface area contributed by atoms with E-state index in [0.717, 1.165) is 12.4 Å². The van der Waals surface area contributed by atoms with Crippen LogP contribution in [0.15, 0.2) is 12.4 Å². The fraction of sp³-hybridized carbons (Fsp3) is 0.600. The first-order chi connectivity index (χ1) is 7.02. The lowest BCUT2D eigenvalue weighted by Gasteiger charge is -2.21. The molecule has 1 atom stereocenters. The maximum absolute atomic E-state index is 10.7. The van der Waals surface area contributed by atoms with E-state index in [-0.39, 0.29) is 0 Å². The minimum atomic E-state index is -0.792. The number of aryl methyl sites for hydroxylation is 1. The van der Waals surface area contributed by atoms with Gasteiger partial charge in [0, 0.05) is 25.5 Å². The molecule has 1 heterocycles. The Kier molecular flexibility index (Phi) is 3.85. The topological polar surface area (TPSA) is 58.4 Å². The van der Waals surface area contributed by atoms with Crippen LogP contribution in [0, 0.1) is 6.92 Å². The first-order valence-electron chi connectivity index (χ1n) is 4.93. The smallest absolute Gasteiger partial charge is 0.320 e. The van der Waals surface area contributed by atoms with Crippen LogP contribution in [0.4, 0.5) is 0 Å². The number of hydrogen-bond donors (Lipinski definition) is 1. The van der Waals surface area contributed by atoms with Crippen molar-refractivity contribution in [2.24, 2.45) is 0 Å². The van der Waals surface area contributed by atoms with Gasteiger partial charge in [0.1, 0.15) is 11.9 Å². The van der Waals surface area contributed by atoms with Crippen LogP contribution in [-0.4, -0.2) is 45.2 Å². The Morgan fingerprint density at radius 3 is 2.87 bits per heavy atom. The molecule has 0 saturated heterocycles. The third-order valence-electron chi connectivity index (χ3n) is 2.64. The number of nitrogens with zero attached hydrogens (tertiary/aromatic N) is 3. The molecule has 1 aromatic rings. The van der Waals surface area contributed by atoms with Gasteiger partial charge in [0.2, 0.25) is 0 Å². The van der Waals surface area contributed by atoms with Gasteiger partial charge in [-0.05, 0) is 20.9 Å². The van der Waals surface area contributed by atoms with Crippen molar-refractivity contribution < 1.29 is 9.90 Å². The molecule has 0 aliphatic rings. The quantitative estimate of drug-likeness (QED) is 0.774. The monoisotopic (exact) mass is 211 g/mol. The summed E-state index contributed by atoms with van der Waals surface area (Å²) in [6.45, 7) is 5.08. The van der Waals surface area contributed by atoms with Crippen molar-refractivity contribution in [2.45, 2.75) is 26.4 Å². The number of imidazole rings is 1. The molecule has 0 saturated carbocycles. The molecule has 0 aromatic carbocycles. The van der Waals surface area contributed by atoms with E-state index in [2.05, 4.69) is 4.98 Å². The summed E-state index contributed by atoms with van der Waals surface area (Å²) in [7, 11) is 1.81. The number of rotatable bonds is 5. The third kappa shape index (κ3) is 3.06. The van der Waals surface area contributed by atoms with Gasteiger partial charge >= 0.3 is 5.97 Å². The molecule has 5 heteroatoms. The van der Waals surface area contributed by atoms with Crippen LogP contribution < -0.4 is 0 Å². The van der Waals surface area contributed by atoms with Crippen molar-refractivity contribution in [2.75, 3.05) is 13.6 Å². The van der Waals surface area contributed by atoms with Gasteiger partial charge in [0.25, 0.3) is 0 Å². The van der Waals surface area contributed by atoms with E-state index in [0.29, 0.717) is 6.54 Å². The Labute approximate surface area is 89.3 Å². The molecule has 1 rings (SSSR count). The number of carbonyl (C=O) groups is 1. The summed E-state index contributed by atoms with van der Waals surface area (Å²) in [5.41, 5.74) is 0. The Morgan fingerprint density at radius 1 is 1.73 bits per heavy atom. The molecule has 0 aliphatic heterocycles. The van der Waals surface area contributed by atoms with Crippen LogP contribution >= 0.6 is 0 Å². The summed E-state index contributed by atoms with van der Waals surface area (Å²) < 4.78 is 2.01. The van der Waals surface area contributed by atoms with Crippen molar-refractivity contribution in [3.05, 3.63) is 18.2 Å². The first kappa shape index (κ1) is 11.7. The lowest BCUT2D eigenvalue weighted by Crippen LogP contribution is -2.37. The maximum atomic E-state index is 10.7. The highest BCUT2D eigenvalue weighted by Crippen LogP contribution is 1.99. The molecular weight excluding hydrogens is 194 g/mol. The molecule has 15 heavy (non-hydrogen) atoms. The first-order valence-corrected chi connectivity index (χ1v) is 4.93. The highest BCUT2D eigenvalue weighted by Gasteiger charge is 2.16. The SMILES string of the molecule is Cc1nccn1CCN(C)C(C)C(=O)O. The minimum Gasteiger partial charge on any atom is -0.480 e. The van der Waals surface area contributed by atoms with Gasteiger partial charge in [-0.3, -0.25) is 9.69 Å². The van der Waals surface area contributed by atoms with Crippen molar-refractivity contribution in [1.82, 2.24) is 14.5 Å². The third-order valence-corrected chi connectivity index (χ3v) is 2.64. The van der Waals surface area contributed by atoms with E-state index in [1.54, 1.807) is 13.1 Å². The molecule has 84 valence electrons. The molecule has 0 fully saturated rings. The van der Waals surface area contributed by atoms with Crippen LogP contribution in [0.1, 0.15) is 12.7 Å². The lowest BCUT2D eigenvalue weighted by molar-refractivity contribution is -0.142. The Hall–Kier alpha value is -1.36. The van der Waals surface area contributed by atoms with Gasteiger partial charge in [-0.25, -0.2) is 4.98 Å². The Balaban J connectivity index is 2.44. The van der Waals surface area contributed by atoms with Crippen molar-refractivity contribution in [1.29, 1.82) is 0 Å². The highest BCUT2D eigenvalue weighted by molar-refractivity contribution is 5.72. The van der Waals surface area contributed by atoms with Crippen LogP contribution in [0.25, 0.3) is 0 Å². The van der Waals surface area contributed by atoms with Gasteiger partial charge in [-0.1, -0.05) is 0 Å². The molecular formula is C10H17N3O2. The second-order valence-corrected chi connectivity index (χ2v) is 3.66.